The van der Waals surface area contributed by atoms with E-state index in [4.69, 9.17) is 15.2 Å². The van der Waals surface area contributed by atoms with Gasteiger partial charge in [0.1, 0.15) is 13.2 Å². The van der Waals surface area contributed by atoms with Crippen molar-refractivity contribution in [3.63, 3.8) is 0 Å². The number of hydrogen-bond acceptors (Lipinski definition) is 3. The summed E-state index contributed by atoms with van der Waals surface area (Å²) in [5.74, 6) is 1.62. The molecule has 112 valence electrons. The van der Waals surface area contributed by atoms with Crippen LogP contribution in [0.15, 0.2) is 48.5 Å². The Morgan fingerprint density at radius 3 is 2.43 bits per heavy atom. The van der Waals surface area contributed by atoms with Crippen molar-refractivity contribution in [3.8, 4) is 11.5 Å². The minimum absolute atomic E-state index is 0. The maximum absolute atomic E-state index is 6.28. The van der Waals surface area contributed by atoms with Crippen molar-refractivity contribution in [1.82, 2.24) is 0 Å². The monoisotopic (exact) mass is 305 g/mol. The Morgan fingerprint density at radius 2 is 1.67 bits per heavy atom. The molecule has 3 nitrogen and oxygen atoms in total. The lowest BCUT2D eigenvalue weighted by atomic mass is 9.99. The van der Waals surface area contributed by atoms with Crippen molar-refractivity contribution in [3.05, 3.63) is 59.7 Å². The minimum atomic E-state index is 0. The normalized spacial score (nSPS) is 14.1. The molecule has 1 aliphatic heterocycles. The van der Waals surface area contributed by atoms with Crippen molar-refractivity contribution in [2.75, 3.05) is 13.2 Å². The van der Waals surface area contributed by atoms with Gasteiger partial charge in [-0.1, -0.05) is 36.4 Å². The number of fused-ring (bicyclic) bond motifs is 1. The summed E-state index contributed by atoms with van der Waals surface area (Å²) in [6, 6.07) is 16.4. The number of halogens is 1. The van der Waals surface area contributed by atoms with Crippen LogP contribution in [0.3, 0.4) is 0 Å². The first-order valence-electron chi connectivity index (χ1n) is 7.02. The van der Waals surface area contributed by atoms with Crippen molar-refractivity contribution in [2.45, 2.75) is 18.9 Å². The molecule has 1 atom stereocenters. The number of ether oxygens (including phenoxy) is 2. The van der Waals surface area contributed by atoms with Crippen LogP contribution in [-0.4, -0.2) is 13.2 Å². The Hall–Kier alpha value is -1.71. The molecule has 3 rings (SSSR count). The largest absolute Gasteiger partial charge is 0.486 e. The highest BCUT2D eigenvalue weighted by molar-refractivity contribution is 5.85. The third kappa shape index (κ3) is 3.90. The van der Waals surface area contributed by atoms with Crippen LogP contribution >= 0.6 is 12.4 Å². The average molecular weight is 306 g/mol. The van der Waals surface area contributed by atoms with E-state index in [0.29, 0.717) is 13.2 Å². The van der Waals surface area contributed by atoms with Gasteiger partial charge in [0, 0.05) is 6.04 Å². The van der Waals surface area contributed by atoms with Gasteiger partial charge in [-0.2, -0.15) is 0 Å². The zero-order valence-corrected chi connectivity index (χ0v) is 12.6. The van der Waals surface area contributed by atoms with E-state index >= 15 is 0 Å². The predicted octanol–water partition coefficient (Wildman–Crippen LogP) is 3.51. The van der Waals surface area contributed by atoms with Gasteiger partial charge >= 0.3 is 0 Å². The molecule has 1 unspecified atom stereocenters. The van der Waals surface area contributed by atoms with E-state index in [2.05, 4.69) is 24.3 Å². The first-order valence-corrected chi connectivity index (χ1v) is 7.02. The third-order valence-electron chi connectivity index (χ3n) is 3.58. The zero-order chi connectivity index (χ0) is 13.8. The minimum Gasteiger partial charge on any atom is -0.486 e. The number of benzene rings is 2. The average Bonchev–Trinajstić information content (AvgIpc) is 2.53. The van der Waals surface area contributed by atoms with Gasteiger partial charge in [0.05, 0.1) is 0 Å². The second kappa shape index (κ2) is 7.34. The van der Waals surface area contributed by atoms with Gasteiger partial charge in [-0.05, 0) is 36.1 Å². The van der Waals surface area contributed by atoms with Gasteiger partial charge in [-0.3, -0.25) is 0 Å². The van der Waals surface area contributed by atoms with Crippen LogP contribution in [0.1, 0.15) is 23.6 Å². The summed E-state index contributed by atoms with van der Waals surface area (Å²) in [4.78, 5) is 0. The lowest BCUT2D eigenvalue weighted by Crippen LogP contribution is -2.17. The lowest BCUT2D eigenvalue weighted by molar-refractivity contribution is 0.171. The fourth-order valence-corrected chi connectivity index (χ4v) is 2.42. The van der Waals surface area contributed by atoms with Gasteiger partial charge in [0.15, 0.2) is 11.5 Å². The molecule has 0 aliphatic carbocycles. The van der Waals surface area contributed by atoms with E-state index in [9.17, 15) is 0 Å². The summed E-state index contributed by atoms with van der Waals surface area (Å²) in [6.07, 6.45) is 1.90. The molecular formula is C17H20ClNO2. The molecule has 2 aromatic carbocycles. The Bertz CT molecular complexity index is 574. The van der Waals surface area contributed by atoms with Gasteiger partial charge in [0.25, 0.3) is 0 Å². The van der Waals surface area contributed by atoms with E-state index < -0.39 is 0 Å². The van der Waals surface area contributed by atoms with Crippen LogP contribution in [0, 0.1) is 0 Å². The van der Waals surface area contributed by atoms with Crippen LogP contribution in [0.5, 0.6) is 11.5 Å². The molecule has 1 heterocycles. The van der Waals surface area contributed by atoms with Crippen LogP contribution in [0.25, 0.3) is 0 Å². The summed E-state index contributed by atoms with van der Waals surface area (Å²) in [5.41, 5.74) is 8.70. The van der Waals surface area contributed by atoms with E-state index in [1.165, 1.54) is 5.56 Å². The Balaban J connectivity index is 0.00000161. The van der Waals surface area contributed by atoms with Crippen molar-refractivity contribution >= 4 is 12.4 Å². The number of aryl methyl sites for hydroxylation is 1. The van der Waals surface area contributed by atoms with Gasteiger partial charge in [-0.15, -0.1) is 12.4 Å². The first kappa shape index (κ1) is 15.7. The Kier molecular flexibility index (Phi) is 5.48. The molecule has 1 aliphatic rings. The highest BCUT2D eigenvalue weighted by atomic mass is 35.5. The number of hydrogen-bond donors (Lipinski definition) is 1. The van der Waals surface area contributed by atoms with Gasteiger partial charge in [0.2, 0.25) is 0 Å². The summed E-state index contributed by atoms with van der Waals surface area (Å²) in [7, 11) is 0. The van der Waals surface area contributed by atoms with Crippen LogP contribution < -0.4 is 15.2 Å². The molecule has 0 radical (unpaired) electrons. The summed E-state index contributed by atoms with van der Waals surface area (Å²) < 4.78 is 11.1. The quantitative estimate of drug-likeness (QED) is 0.940. The zero-order valence-electron chi connectivity index (χ0n) is 11.8. The fourth-order valence-electron chi connectivity index (χ4n) is 2.42. The summed E-state index contributed by atoms with van der Waals surface area (Å²) in [6.45, 7) is 1.22. The van der Waals surface area contributed by atoms with E-state index in [1.807, 2.05) is 24.3 Å². The van der Waals surface area contributed by atoms with Crippen molar-refractivity contribution in [2.24, 2.45) is 5.73 Å². The molecule has 0 saturated heterocycles. The molecule has 21 heavy (non-hydrogen) atoms. The van der Waals surface area contributed by atoms with E-state index in [0.717, 1.165) is 29.9 Å². The summed E-state index contributed by atoms with van der Waals surface area (Å²) in [5, 5.41) is 0. The molecule has 0 aromatic heterocycles. The molecular weight excluding hydrogens is 286 g/mol. The molecule has 2 aromatic rings. The van der Waals surface area contributed by atoms with Gasteiger partial charge in [-0.25, -0.2) is 0 Å². The topological polar surface area (TPSA) is 44.5 Å². The Morgan fingerprint density at radius 1 is 0.952 bits per heavy atom. The summed E-state index contributed by atoms with van der Waals surface area (Å²) >= 11 is 0. The van der Waals surface area contributed by atoms with Gasteiger partial charge < -0.3 is 15.2 Å². The van der Waals surface area contributed by atoms with Crippen LogP contribution in [0.4, 0.5) is 0 Å². The molecule has 0 saturated carbocycles. The van der Waals surface area contributed by atoms with Crippen molar-refractivity contribution in [1.29, 1.82) is 0 Å². The fraction of sp³-hybridized carbons (Fsp3) is 0.294. The molecule has 0 amide bonds. The third-order valence-corrected chi connectivity index (χ3v) is 3.58. The number of rotatable bonds is 4. The van der Waals surface area contributed by atoms with E-state index in [-0.39, 0.29) is 18.4 Å². The van der Waals surface area contributed by atoms with Crippen LogP contribution in [-0.2, 0) is 6.42 Å². The maximum atomic E-state index is 6.28. The standard InChI is InChI=1S/C17H19NO2.ClH/c18-15(8-6-13-4-2-1-3-5-13)14-7-9-16-17(12-14)20-11-10-19-16;/h1-5,7,9,12,15H,6,8,10-11,18H2;1H. The highest BCUT2D eigenvalue weighted by Gasteiger charge is 2.14. The lowest BCUT2D eigenvalue weighted by Gasteiger charge is -2.20. The smallest absolute Gasteiger partial charge is 0.161 e. The second-order valence-electron chi connectivity index (χ2n) is 5.03. The second-order valence-corrected chi connectivity index (χ2v) is 5.03. The predicted molar refractivity (Wildman–Crippen MR) is 86.4 cm³/mol. The van der Waals surface area contributed by atoms with E-state index in [1.54, 1.807) is 0 Å². The maximum Gasteiger partial charge on any atom is 0.161 e. The molecule has 4 heteroatoms. The van der Waals surface area contributed by atoms with Crippen molar-refractivity contribution < 1.29 is 9.47 Å². The molecule has 0 fully saturated rings. The molecule has 0 spiro atoms. The van der Waals surface area contributed by atoms with Crippen LogP contribution in [0.2, 0.25) is 0 Å². The molecule has 2 N–H and O–H groups in total. The first-order chi connectivity index (χ1) is 9.83. The Labute approximate surface area is 131 Å². The number of nitrogens with two attached hydrogens (primary N) is 1. The SMILES string of the molecule is Cl.NC(CCc1ccccc1)c1ccc2c(c1)OCCO2. The highest BCUT2D eigenvalue weighted by Crippen LogP contribution is 2.32. The molecule has 0 bridgehead atoms.